The molecule has 1 amide bonds. The molecule has 2 nitrogen and oxygen atoms in total. The van der Waals surface area contributed by atoms with Crippen molar-refractivity contribution in [3.8, 4) is 0 Å². The monoisotopic (exact) mass is 345 g/mol. The summed E-state index contributed by atoms with van der Waals surface area (Å²) in [5.41, 5.74) is -0.291. The number of hydrogen-bond donors (Lipinski definition) is 1. The van der Waals surface area contributed by atoms with Crippen molar-refractivity contribution in [2.24, 2.45) is 0 Å². The molecule has 6 heteroatoms. The van der Waals surface area contributed by atoms with E-state index in [9.17, 15) is 13.6 Å². The van der Waals surface area contributed by atoms with Crippen molar-refractivity contribution >= 4 is 33.2 Å². The highest BCUT2D eigenvalue weighted by Crippen LogP contribution is 2.22. The lowest BCUT2D eigenvalue weighted by molar-refractivity contribution is 0.0942. The van der Waals surface area contributed by atoms with E-state index < -0.39 is 23.1 Å². The second kappa shape index (κ2) is 5.79. The molecule has 100 valence electrons. The lowest BCUT2D eigenvalue weighted by Crippen LogP contribution is -2.25. The van der Waals surface area contributed by atoms with Gasteiger partial charge in [-0.15, -0.1) is 11.3 Å². The van der Waals surface area contributed by atoms with Crippen LogP contribution in [0.4, 0.5) is 8.78 Å². The van der Waals surface area contributed by atoms with Gasteiger partial charge in [-0.2, -0.15) is 0 Å². The Balaban J connectivity index is 2.14. The Labute approximate surface area is 121 Å². The normalized spacial score (nSPS) is 10.5. The van der Waals surface area contributed by atoms with Crippen LogP contribution in [0.1, 0.15) is 20.8 Å². The van der Waals surface area contributed by atoms with Crippen LogP contribution in [0, 0.1) is 18.6 Å². The van der Waals surface area contributed by atoms with E-state index in [1.165, 1.54) is 24.3 Å². The Kier molecular flexibility index (Phi) is 4.31. The molecule has 1 heterocycles. The van der Waals surface area contributed by atoms with E-state index in [0.717, 1.165) is 14.7 Å². The summed E-state index contributed by atoms with van der Waals surface area (Å²) in [4.78, 5) is 12.7. The zero-order valence-electron chi connectivity index (χ0n) is 9.97. The van der Waals surface area contributed by atoms with Crippen molar-refractivity contribution in [3.63, 3.8) is 0 Å². The number of benzene rings is 1. The third-order valence-corrected chi connectivity index (χ3v) is 4.19. The first-order valence-electron chi connectivity index (χ1n) is 5.46. The van der Waals surface area contributed by atoms with Crippen LogP contribution in [-0.4, -0.2) is 5.91 Å². The highest BCUT2D eigenvalue weighted by molar-refractivity contribution is 9.11. The third kappa shape index (κ3) is 3.19. The van der Waals surface area contributed by atoms with Gasteiger partial charge in [0.2, 0.25) is 0 Å². The van der Waals surface area contributed by atoms with Crippen LogP contribution in [0.15, 0.2) is 28.1 Å². The predicted octanol–water partition coefficient (Wildman–Crippen LogP) is 4.03. The maximum absolute atomic E-state index is 13.7. The summed E-state index contributed by atoms with van der Waals surface area (Å²) in [6, 6.07) is 6.07. The van der Waals surface area contributed by atoms with Gasteiger partial charge in [0.15, 0.2) is 0 Å². The Morgan fingerprint density at radius 1 is 1.32 bits per heavy atom. The molecule has 0 spiro atoms. The predicted molar refractivity (Wildman–Crippen MR) is 74.3 cm³/mol. The van der Waals surface area contributed by atoms with Crippen molar-refractivity contribution in [2.45, 2.75) is 13.5 Å². The number of amides is 1. The highest BCUT2D eigenvalue weighted by Gasteiger charge is 2.18. The molecule has 1 aromatic heterocycles. The SMILES string of the molecule is Cc1ccc(F)c(C(=O)NCc2ccc(Br)s2)c1F. The average molecular weight is 346 g/mol. The van der Waals surface area contributed by atoms with Gasteiger partial charge in [-0.1, -0.05) is 6.07 Å². The molecule has 1 aromatic carbocycles. The molecule has 0 fully saturated rings. The smallest absolute Gasteiger partial charge is 0.257 e. The van der Waals surface area contributed by atoms with Crippen molar-refractivity contribution in [1.29, 1.82) is 0 Å². The Hall–Kier alpha value is -1.27. The summed E-state index contributed by atoms with van der Waals surface area (Å²) in [5.74, 6) is -2.42. The van der Waals surface area contributed by atoms with Crippen molar-refractivity contribution in [3.05, 3.63) is 55.7 Å². The molecule has 2 aromatic rings. The molecule has 0 aliphatic rings. The molecule has 0 saturated carbocycles. The first-order valence-corrected chi connectivity index (χ1v) is 7.07. The standard InChI is InChI=1S/C13H10BrF2NOS/c1-7-2-4-9(15)11(12(7)16)13(18)17-6-8-3-5-10(14)19-8/h2-5H,6H2,1H3,(H,17,18). The van der Waals surface area contributed by atoms with Crippen LogP contribution in [-0.2, 0) is 6.54 Å². The fraction of sp³-hybridized carbons (Fsp3) is 0.154. The van der Waals surface area contributed by atoms with Gasteiger partial charge in [-0.05, 0) is 46.6 Å². The van der Waals surface area contributed by atoms with E-state index in [4.69, 9.17) is 0 Å². The highest BCUT2D eigenvalue weighted by atomic mass is 79.9. The summed E-state index contributed by atoms with van der Waals surface area (Å²) in [5, 5.41) is 2.51. The molecule has 0 radical (unpaired) electrons. The minimum atomic E-state index is -0.854. The van der Waals surface area contributed by atoms with E-state index >= 15 is 0 Å². The Morgan fingerprint density at radius 3 is 2.68 bits per heavy atom. The van der Waals surface area contributed by atoms with Gasteiger partial charge in [0.25, 0.3) is 5.91 Å². The third-order valence-electron chi connectivity index (χ3n) is 2.56. The maximum Gasteiger partial charge on any atom is 0.257 e. The van der Waals surface area contributed by atoms with E-state index in [-0.39, 0.29) is 12.1 Å². The number of carbonyl (C=O) groups excluding carboxylic acids is 1. The van der Waals surface area contributed by atoms with Crippen LogP contribution in [0.25, 0.3) is 0 Å². The topological polar surface area (TPSA) is 29.1 Å². The lowest BCUT2D eigenvalue weighted by Gasteiger charge is -2.07. The molecule has 0 saturated heterocycles. The van der Waals surface area contributed by atoms with Crippen LogP contribution in [0.5, 0.6) is 0 Å². The van der Waals surface area contributed by atoms with Gasteiger partial charge >= 0.3 is 0 Å². The van der Waals surface area contributed by atoms with Gasteiger partial charge in [0.1, 0.15) is 17.2 Å². The molecule has 0 aliphatic carbocycles. The summed E-state index contributed by atoms with van der Waals surface area (Å²) < 4.78 is 28.2. The molecule has 19 heavy (non-hydrogen) atoms. The van der Waals surface area contributed by atoms with Gasteiger partial charge in [-0.25, -0.2) is 8.78 Å². The maximum atomic E-state index is 13.7. The second-order valence-electron chi connectivity index (χ2n) is 3.94. The quantitative estimate of drug-likeness (QED) is 0.893. The van der Waals surface area contributed by atoms with E-state index in [2.05, 4.69) is 21.2 Å². The van der Waals surface area contributed by atoms with Gasteiger partial charge < -0.3 is 5.32 Å². The Morgan fingerprint density at radius 2 is 2.05 bits per heavy atom. The van der Waals surface area contributed by atoms with Crippen molar-refractivity contribution < 1.29 is 13.6 Å². The van der Waals surface area contributed by atoms with Crippen LogP contribution in [0.3, 0.4) is 0 Å². The van der Waals surface area contributed by atoms with E-state index in [1.807, 2.05) is 12.1 Å². The number of hydrogen-bond acceptors (Lipinski definition) is 2. The molecular formula is C13H10BrF2NOS. The van der Waals surface area contributed by atoms with Gasteiger partial charge in [-0.3, -0.25) is 4.79 Å². The van der Waals surface area contributed by atoms with Gasteiger partial charge in [0, 0.05) is 4.88 Å². The summed E-state index contributed by atoms with van der Waals surface area (Å²) in [6.45, 7) is 1.73. The van der Waals surface area contributed by atoms with Crippen LogP contribution >= 0.6 is 27.3 Å². The van der Waals surface area contributed by atoms with Crippen LogP contribution in [0.2, 0.25) is 0 Å². The molecule has 1 N–H and O–H groups in total. The number of rotatable bonds is 3. The van der Waals surface area contributed by atoms with Crippen molar-refractivity contribution in [2.75, 3.05) is 0 Å². The number of halogens is 3. The van der Waals surface area contributed by atoms with Crippen molar-refractivity contribution in [1.82, 2.24) is 5.32 Å². The first-order chi connectivity index (χ1) is 8.99. The molecule has 0 bridgehead atoms. The number of carbonyl (C=O) groups is 1. The molecular weight excluding hydrogens is 336 g/mol. The van der Waals surface area contributed by atoms with Crippen LogP contribution < -0.4 is 5.32 Å². The fourth-order valence-corrected chi connectivity index (χ4v) is 2.99. The Bertz CT molecular complexity index is 627. The fourth-order valence-electron chi connectivity index (χ4n) is 1.57. The minimum Gasteiger partial charge on any atom is -0.347 e. The number of nitrogens with one attached hydrogen (secondary N) is 1. The number of thiophene rings is 1. The summed E-state index contributed by atoms with van der Waals surface area (Å²) in [7, 11) is 0. The molecule has 0 aliphatic heterocycles. The van der Waals surface area contributed by atoms with Gasteiger partial charge in [0.05, 0.1) is 10.3 Å². The molecule has 0 unspecified atom stereocenters. The zero-order valence-corrected chi connectivity index (χ0v) is 12.4. The molecule has 0 atom stereocenters. The lowest BCUT2D eigenvalue weighted by atomic mass is 10.1. The second-order valence-corrected chi connectivity index (χ2v) is 6.49. The largest absolute Gasteiger partial charge is 0.347 e. The minimum absolute atomic E-state index is 0.238. The zero-order chi connectivity index (χ0) is 14.0. The number of aryl methyl sites for hydroxylation is 1. The summed E-state index contributed by atoms with van der Waals surface area (Å²) >= 11 is 4.75. The average Bonchev–Trinajstić information content (AvgIpc) is 2.78. The summed E-state index contributed by atoms with van der Waals surface area (Å²) in [6.07, 6.45) is 0. The first kappa shape index (κ1) is 14.1. The van der Waals surface area contributed by atoms with E-state index in [1.54, 1.807) is 0 Å². The van der Waals surface area contributed by atoms with E-state index in [0.29, 0.717) is 0 Å². The molecule has 2 rings (SSSR count).